The van der Waals surface area contributed by atoms with E-state index in [0.29, 0.717) is 16.1 Å². The molecule has 5 heteroatoms. The molecule has 4 nitrogen and oxygen atoms in total. The average Bonchev–Trinajstić information content (AvgIpc) is 2.90. The molecule has 1 heterocycles. The minimum absolute atomic E-state index is 0.265. The van der Waals surface area contributed by atoms with Gasteiger partial charge in [0.2, 0.25) is 0 Å². The van der Waals surface area contributed by atoms with Crippen LogP contribution in [0.1, 0.15) is 10.4 Å². The quantitative estimate of drug-likeness (QED) is 0.677. The summed E-state index contributed by atoms with van der Waals surface area (Å²) in [4.78, 5) is 12.1. The lowest BCUT2D eigenvalue weighted by Gasteiger charge is -1.97. The lowest BCUT2D eigenvalue weighted by molar-refractivity contribution is 0.0958. The second-order valence-corrected chi connectivity index (χ2v) is 4.59. The van der Waals surface area contributed by atoms with Crippen molar-refractivity contribution >= 4 is 34.6 Å². The second-order valence-electron chi connectivity index (χ2n) is 4.18. The Bertz CT molecular complexity index is 807. The smallest absolute Gasteiger partial charge is 0.267 e. The number of carbonyl (C=O) groups is 1. The van der Waals surface area contributed by atoms with Crippen LogP contribution in [0.25, 0.3) is 17.1 Å². The van der Waals surface area contributed by atoms with Gasteiger partial charge in [-0.1, -0.05) is 47.1 Å². The van der Waals surface area contributed by atoms with Crippen LogP contribution in [0.15, 0.2) is 54.6 Å². The molecule has 0 amide bonds. The zero-order valence-corrected chi connectivity index (χ0v) is 11.2. The van der Waals surface area contributed by atoms with Crippen LogP contribution in [-0.4, -0.2) is 20.9 Å². The summed E-state index contributed by atoms with van der Waals surface area (Å²) in [7, 11) is 0. The second kappa shape index (κ2) is 5.27. The van der Waals surface area contributed by atoms with E-state index in [1.54, 1.807) is 18.2 Å². The Kier molecular flexibility index (Phi) is 3.31. The van der Waals surface area contributed by atoms with Crippen LogP contribution in [0, 0.1) is 0 Å². The standard InChI is InChI=1S/C15H10ClN3O/c16-12-6-2-1-5-11(12)9-10-15(20)19-14-8-4-3-7-13(14)17-18-19/h1-10H. The Morgan fingerprint density at radius 3 is 2.70 bits per heavy atom. The van der Waals surface area contributed by atoms with E-state index < -0.39 is 0 Å². The van der Waals surface area contributed by atoms with Gasteiger partial charge in [0.25, 0.3) is 5.91 Å². The molecule has 0 bridgehead atoms. The van der Waals surface area contributed by atoms with Crippen molar-refractivity contribution in [3.05, 3.63) is 65.2 Å². The molecule has 1 aromatic heterocycles. The molecule has 3 aromatic rings. The number of aromatic nitrogens is 3. The van der Waals surface area contributed by atoms with Crippen molar-refractivity contribution in [3.63, 3.8) is 0 Å². The summed E-state index contributed by atoms with van der Waals surface area (Å²) in [5, 5.41) is 8.40. The summed E-state index contributed by atoms with van der Waals surface area (Å²) in [5.41, 5.74) is 2.15. The molecule has 20 heavy (non-hydrogen) atoms. The number of rotatable bonds is 2. The largest absolute Gasteiger partial charge is 0.272 e. The fourth-order valence-corrected chi connectivity index (χ4v) is 2.07. The van der Waals surface area contributed by atoms with Gasteiger partial charge in [0.1, 0.15) is 5.52 Å². The molecule has 0 aliphatic rings. The Hall–Kier alpha value is -2.46. The van der Waals surface area contributed by atoms with Gasteiger partial charge in [-0.05, 0) is 29.8 Å². The minimum Gasteiger partial charge on any atom is -0.267 e. The highest BCUT2D eigenvalue weighted by Gasteiger charge is 2.08. The molecule has 0 atom stereocenters. The summed E-state index contributed by atoms with van der Waals surface area (Å²) in [6, 6.07) is 14.6. The third-order valence-electron chi connectivity index (χ3n) is 2.87. The number of carbonyl (C=O) groups excluding carboxylic acids is 1. The zero-order valence-electron chi connectivity index (χ0n) is 10.4. The van der Waals surface area contributed by atoms with Crippen LogP contribution in [0.3, 0.4) is 0 Å². The third kappa shape index (κ3) is 2.33. The molecule has 0 saturated carbocycles. The first-order valence-corrected chi connectivity index (χ1v) is 6.41. The van der Waals surface area contributed by atoms with Crippen LogP contribution in [0.2, 0.25) is 5.02 Å². The minimum atomic E-state index is -0.265. The number of fused-ring (bicyclic) bond motifs is 1. The van der Waals surface area contributed by atoms with E-state index in [0.717, 1.165) is 5.56 Å². The molecule has 0 radical (unpaired) electrons. The topological polar surface area (TPSA) is 47.8 Å². The maximum absolute atomic E-state index is 12.1. The van der Waals surface area contributed by atoms with Crippen LogP contribution in [-0.2, 0) is 0 Å². The first kappa shape index (κ1) is 12.6. The van der Waals surface area contributed by atoms with E-state index in [2.05, 4.69) is 10.3 Å². The van der Waals surface area contributed by atoms with E-state index in [1.807, 2.05) is 36.4 Å². The number of allylic oxidation sites excluding steroid dienone is 1. The van der Waals surface area contributed by atoms with E-state index >= 15 is 0 Å². The van der Waals surface area contributed by atoms with E-state index in [4.69, 9.17) is 11.6 Å². The van der Waals surface area contributed by atoms with Crippen molar-refractivity contribution in [2.24, 2.45) is 0 Å². The van der Waals surface area contributed by atoms with Gasteiger partial charge in [0, 0.05) is 11.1 Å². The molecule has 2 aromatic carbocycles. The van der Waals surface area contributed by atoms with Gasteiger partial charge in [-0.2, -0.15) is 4.68 Å². The van der Waals surface area contributed by atoms with Gasteiger partial charge in [-0.15, -0.1) is 5.10 Å². The highest BCUT2D eigenvalue weighted by molar-refractivity contribution is 6.32. The third-order valence-corrected chi connectivity index (χ3v) is 3.22. The zero-order chi connectivity index (χ0) is 13.9. The molecule has 0 N–H and O–H groups in total. The first-order chi connectivity index (χ1) is 9.75. The van der Waals surface area contributed by atoms with Crippen molar-refractivity contribution in [2.45, 2.75) is 0 Å². The van der Waals surface area contributed by atoms with Gasteiger partial charge in [-0.25, -0.2) is 0 Å². The number of hydrogen-bond acceptors (Lipinski definition) is 3. The lowest BCUT2D eigenvalue weighted by Crippen LogP contribution is -2.08. The van der Waals surface area contributed by atoms with E-state index in [-0.39, 0.29) is 5.91 Å². The molecule has 0 spiro atoms. The molecular weight excluding hydrogens is 274 g/mol. The molecule has 3 rings (SSSR count). The number of hydrogen-bond donors (Lipinski definition) is 0. The van der Waals surface area contributed by atoms with Crippen LogP contribution < -0.4 is 0 Å². The Balaban J connectivity index is 1.92. The van der Waals surface area contributed by atoms with Crippen molar-refractivity contribution in [1.82, 2.24) is 15.0 Å². The number of para-hydroxylation sites is 1. The van der Waals surface area contributed by atoms with E-state index in [1.165, 1.54) is 10.8 Å². The van der Waals surface area contributed by atoms with Gasteiger partial charge < -0.3 is 0 Å². The van der Waals surface area contributed by atoms with Crippen molar-refractivity contribution < 1.29 is 4.79 Å². The Morgan fingerprint density at radius 1 is 1.10 bits per heavy atom. The van der Waals surface area contributed by atoms with Crippen LogP contribution in [0.4, 0.5) is 0 Å². The predicted octanol–water partition coefficient (Wildman–Crippen LogP) is 3.44. The van der Waals surface area contributed by atoms with Gasteiger partial charge in [0.05, 0.1) is 5.52 Å². The highest BCUT2D eigenvalue weighted by atomic mass is 35.5. The molecule has 98 valence electrons. The van der Waals surface area contributed by atoms with Crippen LogP contribution >= 0.6 is 11.6 Å². The molecule has 0 fully saturated rings. The van der Waals surface area contributed by atoms with Gasteiger partial charge in [0.15, 0.2) is 0 Å². The van der Waals surface area contributed by atoms with Gasteiger partial charge in [-0.3, -0.25) is 4.79 Å². The fraction of sp³-hybridized carbons (Fsp3) is 0. The van der Waals surface area contributed by atoms with E-state index in [9.17, 15) is 4.79 Å². The lowest BCUT2D eigenvalue weighted by atomic mass is 10.2. The summed E-state index contributed by atoms with van der Waals surface area (Å²) >= 11 is 6.03. The van der Waals surface area contributed by atoms with Crippen molar-refractivity contribution in [1.29, 1.82) is 0 Å². The average molecular weight is 284 g/mol. The monoisotopic (exact) mass is 283 g/mol. The molecule has 0 aliphatic carbocycles. The molecule has 0 aliphatic heterocycles. The molecule has 0 unspecified atom stereocenters. The first-order valence-electron chi connectivity index (χ1n) is 6.03. The summed E-state index contributed by atoms with van der Waals surface area (Å²) in [6.45, 7) is 0. The highest BCUT2D eigenvalue weighted by Crippen LogP contribution is 2.16. The maximum atomic E-state index is 12.1. The maximum Gasteiger partial charge on any atom is 0.272 e. The Labute approximate surface area is 120 Å². The van der Waals surface area contributed by atoms with Crippen LogP contribution in [0.5, 0.6) is 0 Å². The Morgan fingerprint density at radius 2 is 1.85 bits per heavy atom. The summed E-state index contributed by atoms with van der Waals surface area (Å²) in [5.74, 6) is -0.265. The molecule has 0 saturated heterocycles. The summed E-state index contributed by atoms with van der Waals surface area (Å²) < 4.78 is 1.27. The normalized spacial score (nSPS) is 11.2. The number of halogens is 1. The number of nitrogens with zero attached hydrogens (tertiary/aromatic N) is 3. The number of benzene rings is 2. The fourth-order valence-electron chi connectivity index (χ4n) is 1.87. The van der Waals surface area contributed by atoms with Crippen molar-refractivity contribution in [3.8, 4) is 0 Å². The predicted molar refractivity (Wildman–Crippen MR) is 78.6 cm³/mol. The SMILES string of the molecule is O=C(C=Cc1ccccc1Cl)n1nnc2ccccc21. The van der Waals surface area contributed by atoms with Crippen molar-refractivity contribution in [2.75, 3.05) is 0 Å². The summed E-state index contributed by atoms with van der Waals surface area (Å²) in [6.07, 6.45) is 3.10. The van der Waals surface area contributed by atoms with Gasteiger partial charge >= 0.3 is 0 Å². The molecular formula is C15H10ClN3O.